The van der Waals surface area contributed by atoms with Crippen molar-refractivity contribution < 1.29 is 4.74 Å². The minimum atomic E-state index is 0.626. The zero-order chi connectivity index (χ0) is 14.9. The molecule has 0 aromatic carbocycles. The van der Waals surface area contributed by atoms with Crippen LogP contribution in [0.15, 0.2) is 0 Å². The van der Waals surface area contributed by atoms with Crippen molar-refractivity contribution in [2.75, 3.05) is 52.5 Å². The minimum absolute atomic E-state index is 0.626. The molecule has 2 spiro atoms. The van der Waals surface area contributed by atoms with Gasteiger partial charge in [-0.1, -0.05) is 0 Å². The number of nitrogens with one attached hydrogen (secondary N) is 1. The van der Waals surface area contributed by atoms with E-state index in [4.69, 9.17) is 4.74 Å². The van der Waals surface area contributed by atoms with Gasteiger partial charge in [-0.3, -0.25) is 0 Å². The molecule has 22 heavy (non-hydrogen) atoms. The lowest BCUT2D eigenvalue weighted by Crippen LogP contribution is -2.55. The number of hydrogen-bond donors (Lipinski definition) is 1. The maximum atomic E-state index is 5.57. The molecular weight excluding hydrogens is 274 g/mol. The van der Waals surface area contributed by atoms with Gasteiger partial charge in [-0.15, -0.1) is 0 Å². The first-order valence-electron chi connectivity index (χ1n) is 9.58. The van der Waals surface area contributed by atoms with Gasteiger partial charge in [-0.05, 0) is 75.3 Å². The van der Waals surface area contributed by atoms with Crippen LogP contribution in [-0.4, -0.2) is 62.5 Å². The standard InChI is InChI=1S/C18H33N3O/c1-9-19-10-2-17(1)3-11-20(12-4-17)21-13-5-18(6-14-21)7-15-22-16-8-18/h19H,1-16H2. The number of nitrogens with zero attached hydrogens (tertiary/aromatic N) is 2. The van der Waals surface area contributed by atoms with Gasteiger partial charge < -0.3 is 10.1 Å². The third-order valence-electron chi connectivity index (χ3n) is 7.22. The fraction of sp³-hybridized carbons (Fsp3) is 1.00. The first-order chi connectivity index (χ1) is 10.8. The number of rotatable bonds is 1. The van der Waals surface area contributed by atoms with Gasteiger partial charge >= 0.3 is 0 Å². The van der Waals surface area contributed by atoms with Crippen LogP contribution in [0.5, 0.6) is 0 Å². The summed E-state index contributed by atoms with van der Waals surface area (Å²) in [5, 5.41) is 8.91. The first-order valence-corrected chi connectivity index (χ1v) is 9.58. The second-order valence-electron chi connectivity index (χ2n) is 8.27. The molecule has 4 fully saturated rings. The third-order valence-corrected chi connectivity index (χ3v) is 7.22. The Labute approximate surface area is 135 Å². The highest BCUT2D eigenvalue weighted by Gasteiger charge is 2.40. The lowest BCUT2D eigenvalue weighted by molar-refractivity contribution is -0.115. The monoisotopic (exact) mass is 307 g/mol. The molecule has 4 aliphatic rings. The molecule has 0 aliphatic carbocycles. The summed E-state index contributed by atoms with van der Waals surface area (Å²) >= 11 is 0. The van der Waals surface area contributed by atoms with Gasteiger partial charge in [0.1, 0.15) is 0 Å². The molecular formula is C18H33N3O. The average Bonchev–Trinajstić information content (AvgIpc) is 2.58. The van der Waals surface area contributed by atoms with Crippen LogP contribution < -0.4 is 5.32 Å². The van der Waals surface area contributed by atoms with E-state index in [1.54, 1.807) is 0 Å². The smallest absolute Gasteiger partial charge is 0.0471 e. The molecule has 1 N–H and O–H groups in total. The molecule has 0 amide bonds. The maximum absolute atomic E-state index is 5.57. The Hall–Kier alpha value is -0.160. The lowest BCUT2D eigenvalue weighted by Gasteiger charge is -2.51. The van der Waals surface area contributed by atoms with Crippen LogP contribution in [0.2, 0.25) is 0 Å². The number of hydrazine groups is 1. The van der Waals surface area contributed by atoms with Gasteiger partial charge in [0.15, 0.2) is 0 Å². The number of piperidine rings is 3. The molecule has 0 unspecified atom stereocenters. The quantitative estimate of drug-likeness (QED) is 0.804. The van der Waals surface area contributed by atoms with Crippen LogP contribution in [0.3, 0.4) is 0 Å². The van der Waals surface area contributed by atoms with Gasteiger partial charge in [-0.2, -0.15) is 0 Å². The van der Waals surface area contributed by atoms with E-state index in [-0.39, 0.29) is 0 Å². The normalized spacial score (nSPS) is 33.3. The molecule has 4 heteroatoms. The van der Waals surface area contributed by atoms with Gasteiger partial charge in [0, 0.05) is 39.4 Å². The Balaban J connectivity index is 1.28. The van der Waals surface area contributed by atoms with Crippen LogP contribution >= 0.6 is 0 Å². The van der Waals surface area contributed by atoms with Crippen molar-refractivity contribution in [3.63, 3.8) is 0 Å². The summed E-state index contributed by atoms with van der Waals surface area (Å²) in [6.07, 6.45) is 11.0. The molecule has 0 bridgehead atoms. The Kier molecular flexibility index (Phi) is 4.46. The second-order valence-corrected chi connectivity index (χ2v) is 8.27. The van der Waals surface area contributed by atoms with Gasteiger partial charge in [0.2, 0.25) is 0 Å². The fourth-order valence-electron chi connectivity index (χ4n) is 5.27. The van der Waals surface area contributed by atoms with Crippen molar-refractivity contribution in [2.45, 2.75) is 51.4 Å². The predicted octanol–water partition coefficient (Wildman–Crippen LogP) is 2.26. The van der Waals surface area contributed by atoms with Crippen LogP contribution in [0.25, 0.3) is 0 Å². The molecule has 126 valence electrons. The molecule has 0 aromatic rings. The van der Waals surface area contributed by atoms with Crippen LogP contribution in [0.4, 0.5) is 0 Å². The van der Waals surface area contributed by atoms with E-state index in [2.05, 4.69) is 15.3 Å². The number of ether oxygens (including phenoxy) is 1. The van der Waals surface area contributed by atoms with E-state index < -0.39 is 0 Å². The second kappa shape index (κ2) is 6.39. The SMILES string of the molecule is C1CC2(CCN1)CCN(N1CCC3(CCOCC3)CC1)CC2. The Morgan fingerprint density at radius 3 is 1.55 bits per heavy atom. The Morgan fingerprint density at radius 2 is 1.05 bits per heavy atom. The van der Waals surface area contributed by atoms with Crippen molar-refractivity contribution in [3.8, 4) is 0 Å². The number of hydrogen-bond acceptors (Lipinski definition) is 4. The highest BCUT2D eigenvalue weighted by atomic mass is 16.5. The Morgan fingerprint density at radius 1 is 0.591 bits per heavy atom. The molecule has 0 aromatic heterocycles. The molecule has 0 radical (unpaired) electrons. The molecule has 4 rings (SSSR count). The Bertz CT molecular complexity index is 319. The van der Waals surface area contributed by atoms with Gasteiger partial charge in [-0.25, -0.2) is 10.0 Å². The summed E-state index contributed by atoms with van der Waals surface area (Å²) in [4.78, 5) is 0. The van der Waals surface area contributed by atoms with Gasteiger partial charge in [0.05, 0.1) is 0 Å². The van der Waals surface area contributed by atoms with Gasteiger partial charge in [0.25, 0.3) is 0 Å². The van der Waals surface area contributed by atoms with Crippen LogP contribution in [-0.2, 0) is 4.74 Å². The lowest BCUT2D eigenvalue weighted by atomic mass is 9.71. The van der Waals surface area contributed by atoms with E-state index in [1.165, 1.54) is 90.6 Å². The zero-order valence-corrected chi connectivity index (χ0v) is 14.1. The predicted molar refractivity (Wildman–Crippen MR) is 88.6 cm³/mol. The van der Waals surface area contributed by atoms with Crippen LogP contribution in [0, 0.1) is 10.8 Å². The molecule has 4 saturated heterocycles. The van der Waals surface area contributed by atoms with Crippen molar-refractivity contribution in [2.24, 2.45) is 10.8 Å². The molecule has 4 nitrogen and oxygen atoms in total. The molecule has 0 saturated carbocycles. The van der Waals surface area contributed by atoms with E-state index in [0.29, 0.717) is 10.8 Å². The summed E-state index contributed by atoms with van der Waals surface area (Å²) < 4.78 is 5.57. The minimum Gasteiger partial charge on any atom is -0.381 e. The first kappa shape index (κ1) is 15.4. The molecule has 0 atom stereocenters. The molecule has 4 aliphatic heterocycles. The van der Waals surface area contributed by atoms with E-state index in [0.717, 1.165) is 13.2 Å². The molecule has 4 heterocycles. The van der Waals surface area contributed by atoms with E-state index in [9.17, 15) is 0 Å². The maximum Gasteiger partial charge on any atom is 0.0471 e. The van der Waals surface area contributed by atoms with Crippen molar-refractivity contribution >= 4 is 0 Å². The van der Waals surface area contributed by atoms with Crippen LogP contribution in [0.1, 0.15) is 51.4 Å². The summed E-state index contributed by atoms with van der Waals surface area (Å²) in [5.74, 6) is 0. The van der Waals surface area contributed by atoms with E-state index >= 15 is 0 Å². The summed E-state index contributed by atoms with van der Waals surface area (Å²) in [6, 6.07) is 0. The summed E-state index contributed by atoms with van der Waals surface area (Å²) in [7, 11) is 0. The third kappa shape index (κ3) is 3.08. The fourth-order valence-corrected chi connectivity index (χ4v) is 5.27. The highest BCUT2D eigenvalue weighted by Crippen LogP contribution is 2.43. The summed E-state index contributed by atoms with van der Waals surface area (Å²) in [5.41, 5.74) is 1.31. The largest absolute Gasteiger partial charge is 0.381 e. The van der Waals surface area contributed by atoms with Crippen molar-refractivity contribution in [1.82, 2.24) is 15.3 Å². The van der Waals surface area contributed by atoms with E-state index in [1.807, 2.05) is 0 Å². The zero-order valence-electron chi connectivity index (χ0n) is 14.1. The topological polar surface area (TPSA) is 27.7 Å². The summed E-state index contributed by atoms with van der Waals surface area (Å²) in [6.45, 7) is 9.67. The van der Waals surface area contributed by atoms with Crippen molar-refractivity contribution in [3.05, 3.63) is 0 Å². The van der Waals surface area contributed by atoms with Crippen molar-refractivity contribution in [1.29, 1.82) is 0 Å². The highest BCUT2D eigenvalue weighted by molar-refractivity contribution is 4.91. The average molecular weight is 307 g/mol.